The maximum atomic E-state index is 12.4. The molecule has 3 aromatic carbocycles. The third-order valence-corrected chi connectivity index (χ3v) is 6.71. The van der Waals surface area contributed by atoms with Crippen molar-refractivity contribution in [2.45, 2.75) is 10.8 Å². The van der Waals surface area contributed by atoms with Crippen LogP contribution in [0.25, 0.3) is 10.8 Å². The minimum atomic E-state index is -0.155. The van der Waals surface area contributed by atoms with Gasteiger partial charge in [0.15, 0.2) is 4.34 Å². The molecule has 4 aromatic rings. The first kappa shape index (κ1) is 21.4. The molecular weight excluding hydrogens is 450 g/mol. The Morgan fingerprint density at radius 2 is 1.71 bits per heavy atom. The van der Waals surface area contributed by atoms with Crippen molar-refractivity contribution in [1.29, 1.82) is 0 Å². The van der Waals surface area contributed by atoms with Crippen LogP contribution in [-0.4, -0.2) is 22.6 Å². The first-order chi connectivity index (χ1) is 15.1. The number of aromatic nitrogens is 1. The van der Waals surface area contributed by atoms with E-state index in [1.54, 1.807) is 24.3 Å². The lowest BCUT2D eigenvalue weighted by molar-refractivity contribution is -0.116. The van der Waals surface area contributed by atoms with Gasteiger partial charge in [0.05, 0.1) is 17.9 Å². The van der Waals surface area contributed by atoms with E-state index in [-0.39, 0.29) is 24.0 Å². The molecule has 0 saturated carbocycles. The molecule has 31 heavy (non-hydrogen) atoms. The number of anilines is 2. The average Bonchev–Trinajstić information content (AvgIpc) is 3.21. The highest BCUT2D eigenvalue weighted by atomic mass is 35.5. The summed E-state index contributed by atoms with van der Waals surface area (Å²) in [5.74, 6) is -0.0101. The number of nitrogens with one attached hydrogen (secondary N) is 2. The molecule has 0 aliphatic carbocycles. The van der Waals surface area contributed by atoms with E-state index >= 15 is 0 Å². The quantitative estimate of drug-likeness (QED) is 0.334. The molecule has 0 bridgehead atoms. The summed E-state index contributed by atoms with van der Waals surface area (Å²) in [6.45, 7) is 0. The Labute approximate surface area is 192 Å². The van der Waals surface area contributed by atoms with Gasteiger partial charge in [-0.15, -0.1) is 11.3 Å². The van der Waals surface area contributed by atoms with Gasteiger partial charge in [0.2, 0.25) is 11.8 Å². The molecule has 0 atom stereocenters. The molecule has 1 heterocycles. The van der Waals surface area contributed by atoms with E-state index in [1.807, 2.05) is 47.8 Å². The van der Waals surface area contributed by atoms with Crippen molar-refractivity contribution < 1.29 is 9.59 Å². The molecule has 8 heteroatoms. The van der Waals surface area contributed by atoms with E-state index in [4.69, 9.17) is 11.6 Å². The maximum absolute atomic E-state index is 12.4. The summed E-state index contributed by atoms with van der Waals surface area (Å²) in [7, 11) is 0. The molecular formula is C23H18ClN3O2S2. The SMILES string of the molecule is O=C(Cc1csc(SCC(=O)Nc2cccc3ccccc23)n1)Nc1ccc(Cl)cc1. The summed E-state index contributed by atoms with van der Waals surface area (Å²) >= 11 is 8.63. The molecule has 0 spiro atoms. The van der Waals surface area contributed by atoms with E-state index in [2.05, 4.69) is 15.6 Å². The van der Waals surface area contributed by atoms with E-state index < -0.39 is 0 Å². The van der Waals surface area contributed by atoms with Crippen LogP contribution in [0.5, 0.6) is 0 Å². The molecule has 156 valence electrons. The molecule has 0 saturated heterocycles. The van der Waals surface area contributed by atoms with Crippen LogP contribution in [0.4, 0.5) is 11.4 Å². The van der Waals surface area contributed by atoms with Gasteiger partial charge in [-0.3, -0.25) is 9.59 Å². The Balaban J connectivity index is 1.29. The zero-order valence-corrected chi connectivity index (χ0v) is 18.7. The van der Waals surface area contributed by atoms with E-state index in [0.29, 0.717) is 16.4 Å². The van der Waals surface area contributed by atoms with Crippen LogP contribution >= 0.6 is 34.7 Å². The number of fused-ring (bicyclic) bond motifs is 1. The largest absolute Gasteiger partial charge is 0.326 e. The molecule has 1 aromatic heterocycles. The van der Waals surface area contributed by atoms with Gasteiger partial charge in [-0.2, -0.15) is 0 Å². The number of hydrogen-bond donors (Lipinski definition) is 2. The molecule has 0 fully saturated rings. The van der Waals surface area contributed by atoms with Gasteiger partial charge in [-0.25, -0.2) is 4.98 Å². The third kappa shape index (κ3) is 5.85. The smallest absolute Gasteiger partial charge is 0.234 e. The first-order valence-corrected chi connectivity index (χ1v) is 11.7. The molecule has 0 unspecified atom stereocenters. The molecule has 2 amide bonds. The second kappa shape index (κ2) is 9.96. The lowest BCUT2D eigenvalue weighted by Crippen LogP contribution is -2.15. The molecule has 0 aliphatic heterocycles. The Kier molecular flexibility index (Phi) is 6.86. The summed E-state index contributed by atoms with van der Waals surface area (Å²) in [4.78, 5) is 29.1. The molecule has 5 nitrogen and oxygen atoms in total. The van der Waals surface area contributed by atoms with E-state index in [9.17, 15) is 9.59 Å². The highest BCUT2D eigenvalue weighted by Crippen LogP contribution is 2.25. The van der Waals surface area contributed by atoms with Crippen LogP contribution in [-0.2, 0) is 16.0 Å². The molecule has 2 N–H and O–H groups in total. The second-order valence-corrected chi connectivity index (χ2v) is 9.22. The van der Waals surface area contributed by atoms with Crippen molar-refractivity contribution >= 4 is 68.7 Å². The van der Waals surface area contributed by atoms with Crippen LogP contribution < -0.4 is 10.6 Å². The first-order valence-electron chi connectivity index (χ1n) is 9.47. The molecule has 0 aliphatic rings. The Morgan fingerprint density at radius 1 is 0.935 bits per heavy atom. The average molecular weight is 468 g/mol. The number of thioether (sulfide) groups is 1. The molecule has 0 radical (unpaired) electrons. The topological polar surface area (TPSA) is 71.1 Å². The highest BCUT2D eigenvalue weighted by molar-refractivity contribution is 8.01. The highest BCUT2D eigenvalue weighted by Gasteiger charge is 2.11. The van der Waals surface area contributed by atoms with E-state index in [1.165, 1.54) is 23.1 Å². The number of benzene rings is 3. The van der Waals surface area contributed by atoms with Gasteiger partial charge >= 0.3 is 0 Å². The maximum Gasteiger partial charge on any atom is 0.234 e. The zero-order valence-electron chi connectivity index (χ0n) is 16.3. The number of carbonyl (C=O) groups excluding carboxylic acids is 2. The Hall–Kier alpha value is -2.87. The van der Waals surface area contributed by atoms with Crippen molar-refractivity contribution in [2.24, 2.45) is 0 Å². The summed E-state index contributed by atoms with van der Waals surface area (Å²) < 4.78 is 0.752. The monoisotopic (exact) mass is 467 g/mol. The van der Waals surface area contributed by atoms with Crippen molar-refractivity contribution in [3.63, 3.8) is 0 Å². The van der Waals surface area contributed by atoms with Crippen LogP contribution in [0.3, 0.4) is 0 Å². The van der Waals surface area contributed by atoms with Crippen molar-refractivity contribution in [2.75, 3.05) is 16.4 Å². The van der Waals surface area contributed by atoms with Crippen molar-refractivity contribution in [1.82, 2.24) is 4.98 Å². The fourth-order valence-electron chi connectivity index (χ4n) is 2.99. The number of carbonyl (C=O) groups is 2. The van der Waals surface area contributed by atoms with Crippen LogP contribution in [0.2, 0.25) is 5.02 Å². The standard InChI is InChI=1S/C23H18ClN3O2S2/c24-16-8-10-17(11-9-16)25-21(28)12-18-13-30-23(26-18)31-14-22(29)27-20-7-3-5-15-4-1-2-6-19(15)20/h1-11,13H,12,14H2,(H,25,28)(H,27,29). The summed E-state index contributed by atoms with van der Waals surface area (Å²) in [6, 6.07) is 20.7. The minimum absolute atomic E-state index is 0.0985. The predicted octanol–water partition coefficient (Wildman–Crippen LogP) is 5.86. The number of nitrogens with zero attached hydrogens (tertiary/aromatic N) is 1. The Bertz CT molecular complexity index is 1220. The van der Waals surface area contributed by atoms with Gasteiger partial charge in [0, 0.05) is 27.2 Å². The van der Waals surface area contributed by atoms with Gasteiger partial charge in [-0.1, -0.05) is 59.8 Å². The number of halogens is 1. The van der Waals surface area contributed by atoms with Crippen molar-refractivity contribution in [3.8, 4) is 0 Å². The van der Waals surface area contributed by atoms with Gasteiger partial charge in [0.1, 0.15) is 0 Å². The number of rotatable bonds is 7. The van der Waals surface area contributed by atoms with Gasteiger partial charge < -0.3 is 10.6 Å². The fourth-order valence-corrected chi connectivity index (χ4v) is 4.76. The lowest BCUT2D eigenvalue weighted by atomic mass is 10.1. The Morgan fingerprint density at radius 3 is 2.55 bits per heavy atom. The minimum Gasteiger partial charge on any atom is -0.326 e. The predicted molar refractivity (Wildman–Crippen MR) is 129 cm³/mol. The van der Waals surface area contributed by atoms with Crippen LogP contribution in [0, 0.1) is 0 Å². The third-order valence-electron chi connectivity index (χ3n) is 4.39. The molecule has 4 rings (SSSR count). The van der Waals surface area contributed by atoms with Crippen LogP contribution in [0.1, 0.15) is 5.69 Å². The van der Waals surface area contributed by atoms with Gasteiger partial charge in [-0.05, 0) is 35.7 Å². The lowest BCUT2D eigenvalue weighted by Gasteiger charge is -2.08. The summed E-state index contributed by atoms with van der Waals surface area (Å²) in [5.41, 5.74) is 2.15. The summed E-state index contributed by atoms with van der Waals surface area (Å²) in [5, 5.41) is 10.3. The number of amides is 2. The van der Waals surface area contributed by atoms with Gasteiger partial charge in [0.25, 0.3) is 0 Å². The summed E-state index contributed by atoms with van der Waals surface area (Å²) in [6.07, 6.45) is 0.169. The second-order valence-electron chi connectivity index (χ2n) is 6.70. The normalized spacial score (nSPS) is 10.7. The van der Waals surface area contributed by atoms with Crippen LogP contribution in [0.15, 0.2) is 76.4 Å². The zero-order chi connectivity index (χ0) is 21.6. The van der Waals surface area contributed by atoms with Crippen molar-refractivity contribution in [3.05, 3.63) is 82.8 Å². The number of hydrogen-bond acceptors (Lipinski definition) is 5. The van der Waals surface area contributed by atoms with E-state index in [0.717, 1.165) is 20.8 Å². The fraction of sp³-hybridized carbons (Fsp3) is 0.0870. The number of thiazole rings is 1.